The van der Waals surface area contributed by atoms with Crippen LogP contribution >= 0.6 is 7.60 Å². The van der Waals surface area contributed by atoms with Gasteiger partial charge in [0.25, 0.3) is 0 Å². The van der Waals surface area contributed by atoms with Gasteiger partial charge in [0.1, 0.15) is 11.5 Å². The number of amidine groups is 1. The van der Waals surface area contributed by atoms with E-state index in [0.717, 1.165) is 18.9 Å². The molecule has 0 N–H and O–H groups in total. The third-order valence-corrected chi connectivity index (χ3v) is 5.29. The van der Waals surface area contributed by atoms with Gasteiger partial charge in [0.15, 0.2) is 0 Å². The molecule has 0 amide bonds. The average Bonchev–Trinajstić information content (AvgIpc) is 2.38. The summed E-state index contributed by atoms with van der Waals surface area (Å²) in [6, 6.07) is 0. The lowest BCUT2D eigenvalue weighted by molar-refractivity contribution is 0.216. The minimum Gasteiger partial charge on any atom is -0.360 e. The predicted octanol–water partition coefficient (Wildman–Crippen LogP) is 3.40. The van der Waals surface area contributed by atoms with Crippen molar-refractivity contribution in [3.05, 3.63) is 0 Å². The van der Waals surface area contributed by atoms with E-state index in [4.69, 9.17) is 9.05 Å². The highest BCUT2D eigenvalue weighted by Gasteiger charge is 2.37. The minimum absolute atomic E-state index is 0.341. The molecule has 0 fully saturated rings. The normalized spacial score (nSPS) is 14.5. The predicted molar refractivity (Wildman–Crippen MR) is 81.2 cm³/mol. The smallest absolute Gasteiger partial charge is 0.340 e. The Balaban J connectivity index is 5.31. The Morgan fingerprint density at radius 3 is 1.89 bits per heavy atom. The molecule has 0 saturated carbocycles. The summed E-state index contributed by atoms with van der Waals surface area (Å²) in [6.07, 6.45) is 0. The summed E-state index contributed by atoms with van der Waals surface area (Å²) in [5, 5.41) is 0. The quantitative estimate of drug-likeness (QED) is 0.371. The largest absolute Gasteiger partial charge is 0.360 e. The zero-order chi connectivity index (χ0) is 14.9. The molecule has 0 aromatic heterocycles. The molecular weight excluding hydrogens is 263 g/mol. The number of nitrogens with zero attached hydrogens (tertiary/aromatic N) is 2. The van der Waals surface area contributed by atoms with Gasteiger partial charge in [-0.1, -0.05) is 0 Å². The highest BCUT2D eigenvalue weighted by atomic mass is 31.2. The van der Waals surface area contributed by atoms with Crippen molar-refractivity contribution >= 4 is 13.4 Å². The molecule has 0 aliphatic heterocycles. The lowest BCUT2D eigenvalue weighted by Crippen LogP contribution is -2.38. The third-order valence-electron chi connectivity index (χ3n) is 2.87. The maximum atomic E-state index is 12.8. The van der Waals surface area contributed by atoms with Crippen molar-refractivity contribution in [3.8, 4) is 0 Å². The zero-order valence-electron chi connectivity index (χ0n) is 13.2. The fourth-order valence-corrected chi connectivity index (χ4v) is 3.74. The van der Waals surface area contributed by atoms with Crippen LogP contribution in [0, 0.1) is 0 Å². The van der Waals surface area contributed by atoms with Gasteiger partial charge >= 0.3 is 7.60 Å². The van der Waals surface area contributed by atoms with E-state index in [9.17, 15) is 4.57 Å². The van der Waals surface area contributed by atoms with E-state index in [2.05, 4.69) is 23.7 Å². The van der Waals surface area contributed by atoms with Crippen LogP contribution in [0.4, 0.5) is 0 Å². The summed E-state index contributed by atoms with van der Waals surface area (Å²) in [6.45, 7) is 14.7. The van der Waals surface area contributed by atoms with E-state index in [1.165, 1.54) is 0 Å². The molecule has 0 saturated heterocycles. The van der Waals surface area contributed by atoms with Crippen molar-refractivity contribution < 1.29 is 13.6 Å². The molecular formula is C13H29N2O3P. The van der Waals surface area contributed by atoms with Gasteiger partial charge in [0, 0.05) is 19.6 Å². The molecule has 0 rings (SSSR count). The van der Waals surface area contributed by atoms with Gasteiger partial charge in [-0.2, -0.15) is 0 Å². The maximum absolute atomic E-state index is 12.8. The number of hydrogen-bond donors (Lipinski definition) is 0. The first-order valence-electron chi connectivity index (χ1n) is 7.18. The summed E-state index contributed by atoms with van der Waals surface area (Å²) in [5.74, 6) is 0.817. The third kappa shape index (κ3) is 5.25. The molecule has 0 radical (unpaired) electrons. The standard InChI is InChI=1S/C13H29N2O3P/c1-7-14-13(15(8-2)9-3)12(6)19(16,17-10-4)18-11-5/h12H,7-11H2,1-6H3. The molecule has 0 aliphatic rings. The van der Waals surface area contributed by atoms with Crippen molar-refractivity contribution in [1.82, 2.24) is 4.90 Å². The fraction of sp³-hybridized carbons (Fsp3) is 0.923. The first kappa shape index (κ1) is 18.6. The van der Waals surface area contributed by atoms with Gasteiger partial charge in [0.2, 0.25) is 0 Å². The Bertz CT molecular complexity index is 307. The summed E-state index contributed by atoms with van der Waals surface area (Å²) in [5.41, 5.74) is -0.341. The van der Waals surface area contributed by atoms with Crippen molar-refractivity contribution in [2.45, 2.75) is 47.2 Å². The second kappa shape index (κ2) is 9.51. The van der Waals surface area contributed by atoms with Crippen molar-refractivity contribution in [2.75, 3.05) is 32.8 Å². The van der Waals surface area contributed by atoms with Crippen LogP contribution in [0.5, 0.6) is 0 Å². The van der Waals surface area contributed by atoms with E-state index in [-0.39, 0.29) is 5.66 Å². The Morgan fingerprint density at radius 2 is 1.58 bits per heavy atom. The molecule has 19 heavy (non-hydrogen) atoms. The number of aliphatic imine (C=N–C) groups is 1. The van der Waals surface area contributed by atoms with E-state index in [0.29, 0.717) is 19.8 Å². The maximum Gasteiger partial charge on any atom is 0.340 e. The lowest BCUT2D eigenvalue weighted by atomic mass is 10.3. The van der Waals surface area contributed by atoms with Crippen LogP contribution in [0.3, 0.4) is 0 Å². The van der Waals surface area contributed by atoms with Crippen LogP contribution in [0.25, 0.3) is 0 Å². The minimum atomic E-state index is -3.15. The van der Waals surface area contributed by atoms with Crippen molar-refractivity contribution in [1.29, 1.82) is 0 Å². The molecule has 1 unspecified atom stereocenters. The Hall–Kier alpha value is -0.380. The molecule has 0 heterocycles. The summed E-state index contributed by atoms with van der Waals surface area (Å²) in [4.78, 5) is 6.62. The summed E-state index contributed by atoms with van der Waals surface area (Å²) in [7, 11) is -3.15. The second-order valence-corrected chi connectivity index (χ2v) is 6.43. The van der Waals surface area contributed by atoms with E-state index in [1.54, 1.807) is 0 Å². The van der Waals surface area contributed by atoms with Crippen molar-refractivity contribution in [2.24, 2.45) is 4.99 Å². The molecule has 6 heteroatoms. The first-order valence-corrected chi connectivity index (χ1v) is 8.79. The molecule has 0 aromatic carbocycles. The molecule has 0 aromatic rings. The van der Waals surface area contributed by atoms with Crippen LogP contribution in [0.1, 0.15) is 41.5 Å². The average molecular weight is 292 g/mol. The zero-order valence-corrected chi connectivity index (χ0v) is 14.1. The highest BCUT2D eigenvalue weighted by molar-refractivity contribution is 7.55. The van der Waals surface area contributed by atoms with Gasteiger partial charge in [-0.15, -0.1) is 0 Å². The topological polar surface area (TPSA) is 51.1 Å². The second-order valence-electron chi connectivity index (χ2n) is 4.06. The summed E-state index contributed by atoms with van der Waals surface area (Å²) >= 11 is 0. The molecule has 5 nitrogen and oxygen atoms in total. The Morgan fingerprint density at radius 1 is 1.11 bits per heavy atom. The number of hydrogen-bond acceptors (Lipinski definition) is 4. The molecule has 1 atom stereocenters. The number of rotatable bonds is 9. The first-order chi connectivity index (χ1) is 9.00. The van der Waals surface area contributed by atoms with Crippen LogP contribution < -0.4 is 0 Å². The lowest BCUT2D eigenvalue weighted by Gasteiger charge is -2.31. The molecule has 0 aliphatic carbocycles. The van der Waals surface area contributed by atoms with Gasteiger partial charge in [-0.25, -0.2) is 0 Å². The van der Waals surface area contributed by atoms with Crippen LogP contribution in [-0.4, -0.2) is 49.2 Å². The van der Waals surface area contributed by atoms with Crippen molar-refractivity contribution in [3.63, 3.8) is 0 Å². The highest BCUT2D eigenvalue weighted by Crippen LogP contribution is 2.53. The van der Waals surface area contributed by atoms with Crippen LogP contribution in [0.2, 0.25) is 0 Å². The molecule has 114 valence electrons. The van der Waals surface area contributed by atoms with Gasteiger partial charge in [0.05, 0.1) is 13.2 Å². The van der Waals surface area contributed by atoms with E-state index >= 15 is 0 Å². The van der Waals surface area contributed by atoms with Crippen LogP contribution in [-0.2, 0) is 13.6 Å². The van der Waals surface area contributed by atoms with Gasteiger partial charge < -0.3 is 13.9 Å². The van der Waals surface area contributed by atoms with E-state index < -0.39 is 7.60 Å². The molecule has 0 spiro atoms. The summed E-state index contributed by atoms with van der Waals surface area (Å²) < 4.78 is 23.7. The Kier molecular flexibility index (Phi) is 9.32. The monoisotopic (exact) mass is 292 g/mol. The van der Waals surface area contributed by atoms with Gasteiger partial charge in [-0.3, -0.25) is 9.56 Å². The van der Waals surface area contributed by atoms with Crippen LogP contribution in [0.15, 0.2) is 4.99 Å². The Labute approximate surface area is 117 Å². The molecule has 0 bridgehead atoms. The fourth-order valence-electron chi connectivity index (χ4n) is 1.97. The van der Waals surface area contributed by atoms with Gasteiger partial charge in [-0.05, 0) is 41.5 Å². The SMILES string of the molecule is CCN=C(C(C)P(=O)(OCC)OCC)N(CC)CC. The van der Waals surface area contributed by atoms with E-state index in [1.807, 2.05) is 27.7 Å².